The van der Waals surface area contributed by atoms with Crippen molar-refractivity contribution >= 4 is 5.97 Å². The van der Waals surface area contributed by atoms with Gasteiger partial charge in [-0.1, -0.05) is 64.7 Å². The average molecular weight is 252 g/mol. The molecule has 0 aliphatic heterocycles. The van der Waals surface area contributed by atoms with Crippen LogP contribution < -0.4 is 0 Å². The smallest absolute Gasteiger partial charge is 0.333 e. The van der Waals surface area contributed by atoms with Crippen molar-refractivity contribution in [3.8, 4) is 0 Å². The Morgan fingerprint density at radius 3 is 2.39 bits per heavy atom. The molecule has 0 aliphatic rings. The average Bonchev–Trinajstić information content (AvgIpc) is 2.37. The maximum Gasteiger partial charge on any atom is 0.333 e. The summed E-state index contributed by atoms with van der Waals surface area (Å²) in [6.45, 7) is 6.77. The highest BCUT2D eigenvalue weighted by Gasteiger charge is 2.08. The molecule has 0 fully saturated rings. The van der Waals surface area contributed by atoms with Gasteiger partial charge in [-0.3, -0.25) is 0 Å². The molecule has 0 saturated carbocycles. The minimum Gasteiger partial charge on any atom is -0.458 e. The van der Waals surface area contributed by atoms with E-state index in [9.17, 15) is 4.79 Å². The van der Waals surface area contributed by atoms with Crippen LogP contribution in [-0.4, -0.2) is 12.6 Å². The predicted molar refractivity (Wildman–Crippen MR) is 77.5 cm³/mol. The highest BCUT2D eigenvalue weighted by atomic mass is 16.5. The number of unbranched alkanes of at least 4 members (excludes halogenated alkanes) is 3. The second-order valence-electron chi connectivity index (χ2n) is 4.48. The van der Waals surface area contributed by atoms with E-state index < -0.39 is 0 Å². The Hall–Kier alpha value is -1.05. The van der Waals surface area contributed by atoms with Crippen LogP contribution in [0.3, 0.4) is 0 Å². The van der Waals surface area contributed by atoms with Crippen LogP contribution in [0.25, 0.3) is 0 Å². The normalized spacial score (nSPS) is 12.1. The van der Waals surface area contributed by atoms with Gasteiger partial charge in [-0.2, -0.15) is 0 Å². The minimum atomic E-state index is -0.144. The van der Waals surface area contributed by atoms with Crippen molar-refractivity contribution in [3.63, 3.8) is 0 Å². The first kappa shape index (κ1) is 16.9. The molecule has 0 aromatic rings. The van der Waals surface area contributed by atoms with Crippen LogP contribution in [-0.2, 0) is 9.53 Å². The molecule has 0 spiro atoms. The van der Waals surface area contributed by atoms with E-state index >= 15 is 0 Å². The highest BCUT2D eigenvalue weighted by molar-refractivity contribution is 5.88. The Kier molecular flexibility index (Phi) is 11.7. The number of allylic oxidation sites excluding steroid dienone is 2. The van der Waals surface area contributed by atoms with Crippen LogP contribution >= 0.6 is 0 Å². The van der Waals surface area contributed by atoms with Gasteiger partial charge < -0.3 is 4.74 Å². The van der Waals surface area contributed by atoms with Crippen molar-refractivity contribution in [2.75, 3.05) is 6.61 Å². The summed E-state index contributed by atoms with van der Waals surface area (Å²) < 4.78 is 5.24. The standard InChI is InChI=1S/C16H28O2/c1-4-7-9-11-14-18-16(17)15(12-6-3)13-10-8-5-2/h9,11,13H,4-8,10,12,14H2,1-3H3/b11-9+,15-13+. The van der Waals surface area contributed by atoms with Crippen LogP contribution in [0.2, 0.25) is 0 Å². The summed E-state index contributed by atoms with van der Waals surface area (Å²) in [5, 5.41) is 0. The first-order valence-corrected chi connectivity index (χ1v) is 7.27. The van der Waals surface area contributed by atoms with Crippen molar-refractivity contribution in [2.24, 2.45) is 0 Å². The maximum absolute atomic E-state index is 11.8. The highest BCUT2D eigenvalue weighted by Crippen LogP contribution is 2.10. The predicted octanol–water partition coefficient (Wildman–Crippen LogP) is 4.80. The van der Waals surface area contributed by atoms with E-state index in [0.717, 1.165) is 50.5 Å². The zero-order chi connectivity index (χ0) is 13.6. The molecule has 0 heterocycles. The zero-order valence-corrected chi connectivity index (χ0v) is 12.2. The molecule has 2 nitrogen and oxygen atoms in total. The lowest BCUT2D eigenvalue weighted by molar-refractivity contribution is -0.138. The summed E-state index contributed by atoms with van der Waals surface area (Å²) in [4.78, 5) is 11.8. The van der Waals surface area contributed by atoms with Crippen LogP contribution in [0, 0.1) is 0 Å². The molecule has 18 heavy (non-hydrogen) atoms. The Labute approximate surface area is 112 Å². The number of esters is 1. The zero-order valence-electron chi connectivity index (χ0n) is 12.2. The second-order valence-corrected chi connectivity index (χ2v) is 4.48. The number of hydrogen-bond acceptors (Lipinski definition) is 2. The van der Waals surface area contributed by atoms with Gasteiger partial charge in [-0.25, -0.2) is 4.79 Å². The fourth-order valence-electron chi connectivity index (χ4n) is 1.61. The van der Waals surface area contributed by atoms with Crippen molar-refractivity contribution in [1.29, 1.82) is 0 Å². The summed E-state index contributed by atoms with van der Waals surface area (Å²) in [6.07, 6.45) is 13.3. The Bertz CT molecular complexity index is 264. The van der Waals surface area contributed by atoms with E-state index in [-0.39, 0.29) is 5.97 Å². The molecular formula is C16H28O2. The summed E-state index contributed by atoms with van der Waals surface area (Å²) in [5.41, 5.74) is 0.842. The molecular weight excluding hydrogens is 224 g/mol. The van der Waals surface area contributed by atoms with Gasteiger partial charge >= 0.3 is 5.97 Å². The van der Waals surface area contributed by atoms with Gasteiger partial charge in [0.05, 0.1) is 0 Å². The molecule has 0 saturated heterocycles. The van der Waals surface area contributed by atoms with E-state index in [0.29, 0.717) is 6.61 Å². The van der Waals surface area contributed by atoms with Gasteiger partial charge in [0.25, 0.3) is 0 Å². The molecule has 0 aliphatic carbocycles. The third kappa shape index (κ3) is 9.03. The quantitative estimate of drug-likeness (QED) is 0.241. The Balaban J connectivity index is 4.09. The molecule has 0 unspecified atom stereocenters. The fourth-order valence-corrected chi connectivity index (χ4v) is 1.61. The van der Waals surface area contributed by atoms with Crippen molar-refractivity contribution in [1.82, 2.24) is 0 Å². The van der Waals surface area contributed by atoms with Crippen molar-refractivity contribution in [2.45, 2.75) is 65.7 Å². The van der Waals surface area contributed by atoms with E-state index in [1.165, 1.54) is 0 Å². The lowest BCUT2D eigenvalue weighted by Crippen LogP contribution is -2.08. The SMILES string of the molecule is CCC/C=C/COC(=O)/C(=C/CCCC)CCC. The topological polar surface area (TPSA) is 26.3 Å². The monoisotopic (exact) mass is 252 g/mol. The van der Waals surface area contributed by atoms with E-state index in [1.54, 1.807) is 0 Å². The van der Waals surface area contributed by atoms with Crippen LogP contribution in [0.15, 0.2) is 23.8 Å². The molecule has 104 valence electrons. The number of carbonyl (C=O) groups is 1. The molecule has 0 bridgehead atoms. The number of carbonyl (C=O) groups excluding carboxylic acids is 1. The summed E-state index contributed by atoms with van der Waals surface area (Å²) in [7, 11) is 0. The van der Waals surface area contributed by atoms with Gasteiger partial charge in [-0.15, -0.1) is 0 Å². The number of rotatable bonds is 10. The Morgan fingerprint density at radius 1 is 1.00 bits per heavy atom. The third-order valence-electron chi connectivity index (χ3n) is 2.66. The summed E-state index contributed by atoms with van der Waals surface area (Å²) >= 11 is 0. The molecule has 0 aromatic carbocycles. The van der Waals surface area contributed by atoms with E-state index in [4.69, 9.17) is 4.74 Å². The third-order valence-corrected chi connectivity index (χ3v) is 2.66. The molecule has 0 radical (unpaired) electrons. The van der Waals surface area contributed by atoms with Crippen LogP contribution in [0.4, 0.5) is 0 Å². The fraction of sp³-hybridized carbons (Fsp3) is 0.688. The number of ether oxygens (including phenoxy) is 1. The molecule has 2 heteroatoms. The van der Waals surface area contributed by atoms with Crippen LogP contribution in [0.5, 0.6) is 0 Å². The van der Waals surface area contributed by atoms with E-state index in [1.807, 2.05) is 12.2 Å². The summed E-state index contributed by atoms with van der Waals surface area (Å²) in [6, 6.07) is 0. The minimum absolute atomic E-state index is 0.144. The molecule has 0 N–H and O–H groups in total. The molecule has 0 aromatic heterocycles. The lowest BCUT2D eigenvalue weighted by atomic mass is 10.1. The first-order chi connectivity index (χ1) is 8.76. The van der Waals surface area contributed by atoms with Crippen molar-refractivity contribution < 1.29 is 9.53 Å². The van der Waals surface area contributed by atoms with Gasteiger partial charge in [0.2, 0.25) is 0 Å². The molecule has 0 rings (SSSR count). The van der Waals surface area contributed by atoms with Crippen molar-refractivity contribution in [3.05, 3.63) is 23.8 Å². The van der Waals surface area contributed by atoms with Gasteiger partial charge in [-0.05, 0) is 19.3 Å². The van der Waals surface area contributed by atoms with Gasteiger partial charge in [0, 0.05) is 5.57 Å². The second kappa shape index (κ2) is 12.4. The van der Waals surface area contributed by atoms with E-state index in [2.05, 4.69) is 26.8 Å². The van der Waals surface area contributed by atoms with Gasteiger partial charge in [0.15, 0.2) is 0 Å². The lowest BCUT2D eigenvalue weighted by Gasteiger charge is -2.06. The van der Waals surface area contributed by atoms with Crippen LogP contribution in [0.1, 0.15) is 65.7 Å². The molecule has 0 atom stereocenters. The maximum atomic E-state index is 11.8. The first-order valence-electron chi connectivity index (χ1n) is 7.27. The molecule has 0 amide bonds. The largest absolute Gasteiger partial charge is 0.458 e. The Morgan fingerprint density at radius 2 is 1.78 bits per heavy atom. The summed E-state index contributed by atoms with van der Waals surface area (Å²) in [5.74, 6) is -0.144. The van der Waals surface area contributed by atoms with Gasteiger partial charge in [0.1, 0.15) is 6.61 Å². The number of hydrogen-bond donors (Lipinski definition) is 0.